The molecule has 5 nitrogen and oxygen atoms in total. The van der Waals surface area contributed by atoms with Gasteiger partial charge in [-0.15, -0.1) is 0 Å². The minimum absolute atomic E-state index is 0.122. The highest BCUT2D eigenvalue weighted by Gasteiger charge is 2.24. The number of aliphatic hydroxyl groups excluding tert-OH is 1. The Labute approximate surface area is 133 Å². The zero-order chi connectivity index (χ0) is 15.4. The summed E-state index contributed by atoms with van der Waals surface area (Å²) in [6, 6.07) is 2.58. The highest BCUT2D eigenvalue weighted by molar-refractivity contribution is 5.42. The maximum Gasteiger partial charge on any atom is 0.227 e. The average Bonchev–Trinajstić information content (AvgIpc) is 2.57. The van der Waals surface area contributed by atoms with Crippen LogP contribution >= 0.6 is 0 Å². The van der Waals surface area contributed by atoms with Gasteiger partial charge in [0.05, 0.1) is 12.1 Å². The van der Waals surface area contributed by atoms with Gasteiger partial charge in [-0.3, -0.25) is 0 Å². The molecule has 2 saturated carbocycles. The van der Waals surface area contributed by atoms with E-state index >= 15 is 0 Å². The summed E-state index contributed by atoms with van der Waals surface area (Å²) in [5, 5.41) is 13.5. The van der Waals surface area contributed by atoms with Crippen molar-refractivity contribution in [2.24, 2.45) is 0 Å². The van der Waals surface area contributed by atoms with Gasteiger partial charge in [-0.25, -0.2) is 4.98 Å². The van der Waals surface area contributed by atoms with Crippen molar-refractivity contribution in [1.82, 2.24) is 9.97 Å². The largest absolute Gasteiger partial charge is 0.391 e. The highest BCUT2D eigenvalue weighted by atomic mass is 16.3. The quantitative estimate of drug-likeness (QED) is 0.895. The van der Waals surface area contributed by atoms with Gasteiger partial charge >= 0.3 is 0 Å². The summed E-state index contributed by atoms with van der Waals surface area (Å²) in [7, 11) is 2.10. The second-order valence-corrected chi connectivity index (χ2v) is 6.75. The molecule has 5 heteroatoms. The van der Waals surface area contributed by atoms with E-state index < -0.39 is 0 Å². The molecule has 1 heterocycles. The standard InChI is InChI=1S/C17H28N4O/c1-21(13-7-3-2-4-8-13)17-18-12-11-16(20-17)19-14-9-5-6-10-15(14)22/h11-15,22H,2-10H2,1H3,(H,18,19,20)/t14-,15+/m1/s1. The molecule has 0 spiro atoms. The molecule has 1 aromatic rings. The summed E-state index contributed by atoms with van der Waals surface area (Å²) in [4.78, 5) is 11.3. The van der Waals surface area contributed by atoms with Gasteiger partial charge in [0.1, 0.15) is 5.82 Å². The molecular weight excluding hydrogens is 276 g/mol. The molecule has 2 aliphatic rings. The Kier molecular flexibility index (Phi) is 5.13. The molecule has 0 amide bonds. The fourth-order valence-electron chi connectivity index (χ4n) is 3.70. The molecule has 0 aromatic carbocycles. The Morgan fingerprint density at radius 3 is 2.59 bits per heavy atom. The molecule has 22 heavy (non-hydrogen) atoms. The molecule has 0 radical (unpaired) electrons. The highest BCUT2D eigenvalue weighted by Crippen LogP contribution is 2.25. The van der Waals surface area contributed by atoms with E-state index in [4.69, 9.17) is 0 Å². The third-order valence-electron chi connectivity index (χ3n) is 5.14. The summed E-state index contributed by atoms with van der Waals surface area (Å²) < 4.78 is 0. The second-order valence-electron chi connectivity index (χ2n) is 6.75. The van der Waals surface area contributed by atoms with E-state index in [2.05, 4.69) is 27.2 Å². The minimum Gasteiger partial charge on any atom is -0.391 e. The Bertz CT molecular complexity index is 475. The van der Waals surface area contributed by atoms with E-state index in [0.717, 1.165) is 31.0 Å². The monoisotopic (exact) mass is 304 g/mol. The van der Waals surface area contributed by atoms with Crippen LogP contribution in [0.15, 0.2) is 12.3 Å². The number of anilines is 2. The predicted octanol–water partition coefficient (Wildman–Crippen LogP) is 2.96. The minimum atomic E-state index is -0.261. The maximum atomic E-state index is 10.1. The van der Waals surface area contributed by atoms with Crippen LogP contribution in [-0.4, -0.2) is 40.3 Å². The summed E-state index contributed by atoms with van der Waals surface area (Å²) >= 11 is 0. The van der Waals surface area contributed by atoms with Crippen molar-refractivity contribution in [3.63, 3.8) is 0 Å². The molecule has 0 unspecified atom stereocenters. The van der Waals surface area contributed by atoms with Gasteiger partial charge in [-0.2, -0.15) is 4.98 Å². The van der Waals surface area contributed by atoms with Crippen LogP contribution in [0.2, 0.25) is 0 Å². The zero-order valence-corrected chi connectivity index (χ0v) is 13.5. The first-order valence-electron chi connectivity index (χ1n) is 8.74. The summed E-state index contributed by atoms with van der Waals surface area (Å²) in [5.74, 6) is 1.63. The van der Waals surface area contributed by atoms with E-state index in [1.54, 1.807) is 0 Å². The topological polar surface area (TPSA) is 61.3 Å². The summed E-state index contributed by atoms with van der Waals surface area (Å²) in [5.41, 5.74) is 0. The smallest absolute Gasteiger partial charge is 0.227 e. The summed E-state index contributed by atoms with van der Waals surface area (Å²) in [6.07, 6.45) is 12.2. The van der Waals surface area contributed by atoms with Crippen molar-refractivity contribution in [1.29, 1.82) is 0 Å². The molecule has 2 fully saturated rings. The number of aromatic nitrogens is 2. The van der Waals surface area contributed by atoms with E-state index in [1.807, 2.05) is 12.3 Å². The van der Waals surface area contributed by atoms with Crippen LogP contribution in [0.25, 0.3) is 0 Å². The molecule has 0 saturated heterocycles. The lowest BCUT2D eigenvalue weighted by atomic mass is 9.93. The van der Waals surface area contributed by atoms with E-state index in [0.29, 0.717) is 6.04 Å². The fourth-order valence-corrected chi connectivity index (χ4v) is 3.70. The van der Waals surface area contributed by atoms with Gasteiger partial charge in [0.15, 0.2) is 0 Å². The molecular formula is C17H28N4O. The van der Waals surface area contributed by atoms with Gasteiger partial charge in [0.25, 0.3) is 0 Å². The van der Waals surface area contributed by atoms with Crippen molar-refractivity contribution < 1.29 is 5.11 Å². The van der Waals surface area contributed by atoms with Crippen molar-refractivity contribution in [3.8, 4) is 0 Å². The van der Waals surface area contributed by atoms with Crippen molar-refractivity contribution in [3.05, 3.63) is 12.3 Å². The number of hydrogen-bond donors (Lipinski definition) is 2. The lowest BCUT2D eigenvalue weighted by molar-refractivity contribution is 0.116. The van der Waals surface area contributed by atoms with E-state index in [1.165, 1.54) is 38.5 Å². The van der Waals surface area contributed by atoms with Crippen molar-refractivity contribution in [2.45, 2.75) is 76.0 Å². The van der Waals surface area contributed by atoms with Crippen LogP contribution in [0.5, 0.6) is 0 Å². The summed E-state index contributed by atoms with van der Waals surface area (Å²) in [6.45, 7) is 0. The van der Waals surface area contributed by atoms with Gasteiger partial charge in [-0.05, 0) is 31.7 Å². The lowest BCUT2D eigenvalue weighted by Gasteiger charge is -2.32. The van der Waals surface area contributed by atoms with Crippen LogP contribution in [-0.2, 0) is 0 Å². The molecule has 2 atom stereocenters. The van der Waals surface area contributed by atoms with Crippen LogP contribution < -0.4 is 10.2 Å². The van der Waals surface area contributed by atoms with Crippen molar-refractivity contribution in [2.75, 3.05) is 17.3 Å². The van der Waals surface area contributed by atoms with Crippen LogP contribution in [0, 0.1) is 0 Å². The molecule has 0 bridgehead atoms. The molecule has 2 N–H and O–H groups in total. The maximum absolute atomic E-state index is 10.1. The third kappa shape index (κ3) is 3.69. The average molecular weight is 304 g/mol. The fraction of sp³-hybridized carbons (Fsp3) is 0.765. The lowest BCUT2D eigenvalue weighted by Crippen LogP contribution is -2.37. The number of hydrogen-bond acceptors (Lipinski definition) is 5. The first kappa shape index (κ1) is 15.5. The van der Waals surface area contributed by atoms with Crippen LogP contribution in [0.3, 0.4) is 0 Å². The molecule has 1 aromatic heterocycles. The Morgan fingerprint density at radius 1 is 1.09 bits per heavy atom. The van der Waals surface area contributed by atoms with Crippen LogP contribution in [0.1, 0.15) is 57.8 Å². The molecule has 2 aliphatic carbocycles. The second kappa shape index (κ2) is 7.27. The van der Waals surface area contributed by atoms with Gasteiger partial charge in [0, 0.05) is 19.3 Å². The first-order chi connectivity index (χ1) is 10.7. The molecule has 0 aliphatic heterocycles. The number of nitrogens with zero attached hydrogens (tertiary/aromatic N) is 3. The van der Waals surface area contributed by atoms with Crippen LogP contribution in [0.4, 0.5) is 11.8 Å². The van der Waals surface area contributed by atoms with Gasteiger partial charge in [-0.1, -0.05) is 32.1 Å². The normalized spacial score (nSPS) is 26.6. The third-order valence-corrected chi connectivity index (χ3v) is 5.14. The first-order valence-corrected chi connectivity index (χ1v) is 8.74. The zero-order valence-electron chi connectivity index (χ0n) is 13.5. The Morgan fingerprint density at radius 2 is 1.82 bits per heavy atom. The SMILES string of the molecule is CN(c1nccc(N[C@@H]2CCCC[C@@H]2O)n1)C1CCCCC1. The number of aliphatic hydroxyl groups is 1. The number of rotatable bonds is 4. The van der Waals surface area contributed by atoms with E-state index in [-0.39, 0.29) is 12.1 Å². The molecule has 122 valence electrons. The van der Waals surface area contributed by atoms with Crippen molar-refractivity contribution >= 4 is 11.8 Å². The van der Waals surface area contributed by atoms with E-state index in [9.17, 15) is 5.11 Å². The number of nitrogens with one attached hydrogen (secondary N) is 1. The Balaban J connectivity index is 1.66. The van der Waals surface area contributed by atoms with Gasteiger partial charge < -0.3 is 15.3 Å². The predicted molar refractivity (Wildman–Crippen MR) is 89.2 cm³/mol. The van der Waals surface area contributed by atoms with Gasteiger partial charge in [0.2, 0.25) is 5.95 Å². The Hall–Kier alpha value is -1.36. The molecule has 3 rings (SSSR count).